The Morgan fingerprint density at radius 3 is 2.70 bits per heavy atom. The van der Waals surface area contributed by atoms with E-state index in [-0.39, 0.29) is 0 Å². The molecule has 23 heavy (non-hydrogen) atoms. The molecule has 0 bridgehead atoms. The van der Waals surface area contributed by atoms with Gasteiger partial charge in [-0.05, 0) is 31.2 Å². The third-order valence-electron chi connectivity index (χ3n) is 3.84. The molecule has 0 saturated carbocycles. The van der Waals surface area contributed by atoms with Gasteiger partial charge in [-0.2, -0.15) is 0 Å². The largest absolute Gasteiger partial charge is 0.384 e. The Morgan fingerprint density at radius 2 is 1.91 bits per heavy atom. The SMILES string of the molecule is Cc1noc2c1-c1nc(N)ccc1C(c1ccc(Cl)cc1)=NC2. The van der Waals surface area contributed by atoms with Gasteiger partial charge in [0, 0.05) is 16.1 Å². The Morgan fingerprint density at radius 1 is 1.13 bits per heavy atom. The second-order valence-electron chi connectivity index (χ2n) is 5.37. The quantitative estimate of drug-likeness (QED) is 0.741. The first-order valence-corrected chi connectivity index (χ1v) is 7.54. The summed E-state index contributed by atoms with van der Waals surface area (Å²) in [7, 11) is 0. The molecule has 0 spiro atoms. The van der Waals surface area contributed by atoms with Gasteiger partial charge in [0.25, 0.3) is 0 Å². The summed E-state index contributed by atoms with van der Waals surface area (Å²) in [6.07, 6.45) is 0. The fourth-order valence-corrected chi connectivity index (χ4v) is 2.90. The fourth-order valence-electron chi connectivity index (χ4n) is 2.77. The highest BCUT2D eigenvalue weighted by molar-refractivity contribution is 6.30. The van der Waals surface area contributed by atoms with E-state index in [1.54, 1.807) is 6.07 Å². The molecule has 1 aliphatic rings. The van der Waals surface area contributed by atoms with E-state index < -0.39 is 0 Å². The number of halogens is 1. The van der Waals surface area contributed by atoms with Gasteiger partial charge in [-0.1, -0.05) is 28.9 Å². The summed E-state index contributed by atoms with van der Waals surface area (Å²) in [5, 5.41) is 4.72. The molecule has 4 rings (SSSR count). The van der Waals surface area contributed by atoms with Crippen LogP contribution in [0.4, 0.5) is 5.82 Å². The van der Waals surface area contributed by atoms with Crippen LogP contribution in [0, 0.1) is 6.92 Å². The number of nitrogens with zero attached hydrogens (tertiary/aromatic N) is 3. The minimum Gasteiger partial charge on any atom is -0.384 e. The minimum absolute atomic E-state index is 0.407. The summed E-state index contributed by atoms with van der Waals surface area (Å²) >= 11 is 5.99. The van der Waals surface area contributed by atoms with Crippen molar-refractivity contribution in [3.63, 3.8) is 0 Å². The zero-order valence-corrected chi connectivity index (χ0v) is 13.1. The normalized spacial score (nSPS) is 13.0. The van der Waals surface area contributed by atoms with Gasteiger partial charge in [-0.15, -0.1) is 0 Å². The van der Waals surface area contributed by atoms with Gasteiger partial charge >= 0.3 is 0 Å². The van der Waals surface area contributed by atoms with Gasteiger partial charge in [-0.3, -0.25) is 4.99 Å². The molecule has 0 fully saturated rings. The van der Waals surface area contributed by atoms with Gasteiger partial charge in [-0.25, -0.2) is 4.98 Å². The molecule has 0 saturated heterocycles. The van der Waals surface area contributed by atoms with Crippen molar-refractivity contribution in [3.8, 4) is 11.3 Å². The molecule has 2 N–H and O–H groups in total. The lowest BCUT2D eigenvalue weighted by Gasteiger charge is -2.10. The van der Waals surface area contributed by atoms with Crippen molar-refractivity contribution in [1.29, 1.82) is 0 Å². The number of anilines is 1. The molecule has 0 unspecified atom stereocenters. The molecule has 0 amide bonds. The highest BCUT2D eigenvalue weighted by atomic mass is 35.5. The maximum absolute atomic E-state index is 5.99. The average molecular weight is 325 g/mol. The van der Waals surface area contributed by atoms with Crippen LogP contribution in [-0.4, -0.2) is 15.9 Å². The molecule has 114 valence electrons. The predicted octanol–water partition coefficient (Wildman–Crippen LogP) is 3.63. The lowest BCUT2D eigenvalue weighted by molar-refractivity contribution is 0.382. The Bertz CT molecular complexity index is 928. The second kappa shape index (κ2) is 5.21. The van der Waals surface area contributed by atoms with E-state index in [9.17, 15) is 0 Å². The maximum Gasteiger partial charge on any atom is 0.167 e. The van der Waals surface area contributed by atoms with Crippen LogP contribution in [0.15, 0.2) is 45.9 Å². The van der Waals surface area contributed by atoms with E-state index in [1.165, 1.54) is 0 Å². The maximum atomic E-state index is 5.99. The number of nitrogens with two attached hydrogens (primary N) is 1. The van der Waals surface area contributed by atoms with Crippen LogP contribution in [0.1, 0.15) is 22.6 Å². The molecular weight excluding hydrogens is 312 g/mol. The van der Waals surface area contributed by atoms with E-state index in [1.807, 2.05) is 37.3 Å². The van der Waals surface area contributed by atoms with Crippen molar-refractivity contribution in [3.05, 3.63) is 64.0 Å². The number of pyridine rings is 1. The highest BCUT2D eigenvalue weighted by Gasteiger charge is 2.25. The van der Waals surface area contributed by atoms with Gasteiger partial charge in [0.2, 0.25) is 0 Å². The zero-order valence-electron chi connectivity index (χ0n) is 12.4. The van der Waals surface area contributed by atoms with Crippen LogP contribution in [0.5, 0.6) is 0 Å². The smallest absolute Gasteiger partial charge is 0.167 e. The molecule has 0 radical (unpaired) electrons. The van der Waals surface area contributed by atoms with Crippen LogP contribution in [-0.2, 0) is 6.54 Å². The van der Waals surface area contributed by atoms with Crippen molar-refractivity contribution >= 4 is 23.1 Å². The molecule has 1 aliphatic heterocycles. The first-order chi connectivity index (χ1) is 11.1. The first kappa shape index (κ1) is 14.0. The molecule has 2 aromatic heterocycles. The molecule has 6 heteroatoms. The van der Waals surface area contributed by atoms with Gasteiger partial charge in [0.05, 0.1) is 22.7 Å². The van der Waals surface area contributed by atoms with Gasteiger partial charge in [0.1, 0.15) is 12.4 Å². The van der Waals surface area contributed by atoms with Crippen molar-refractivity contribution < 1.29 is 4.52 Å². The topological polar surface area (TPSA) is 77.3 Å². The lowest BCUT2D eigenvalue weighted by atomic mass is 9.97. The van der Waals surface area contributed by atoms with Crippen LogP contribution in [0.25, 0.3) is 11.3 Å². The highest BCUT2D eigenvalue weighted by Crippen LogP contribution is 2.34. The molecule has 1 aromatic carbocycles. The number of nitrogen functional groups attached to an aromatic ring is 1. The summed E-state index contributed by atoms with van der Waals surface area (Å²) < 4.78 is 5.41. The summed E-state index contributed by atoms with van der Waals surface area (Å²) in [6, 6.07) is 11.3. The van der Waals surface area contributed by atoms with Crippen LogP contribution in [0.3, 0.4) is 0 Å². The third-order valence-corrected chi connectivity index (χ3v) is 4.09. The number of rotatable bonds is 1. The van der Waals surface area contributed by atoms with Crippen molar-refractivity contribution in [2.45, 2.75) is 13.5 Å². The summed E-state index contributed by atoms with van der Waals surface area (Å²) in [5.74, 6) is 1.15. The van der Waals surface area contributed by atoms with Crippen molar-refractivity contribution in [2.24, 2.45) is 4.99 Å². The minimum atomic E-state index is 0.407. The number of aromatic nitrogens is 2. The summed E-state index contributed by atoms with van der Waals surface area (Å²) in [5.41, 5.74) is 11.0. The molecule has 3 aromatic rings. The number of benzene rings is 1. The molecular formula is C17H13ClN4O. The van der Waals surface area contributed by atoms with Crippen molar-refractivity contribution in [2.75, 3.05) is 5.73 Å². The standard InChI is InChI=1S/C17H13ClN4O/c1-9-15-13(23-22-9)8-20-16(10-2-4-11(18)5-3-10)12-6-7-14(19)21-17(12)15/h2-7H,8H2,1H3,(H2,19,21). The Kier molecular flexibility index (Phi) is 3.16. The molecule has 0 atom stereocenters. The number of hydrogen-bond donors (Lipinski definition) is 1. The van der Waals surface area contributed by atoms with E-state index in [4.69, 9.17) is 26.9 Å². The third kappa shape index (κ3) is 2.29. The monoisotopic (exact) mass is 324 g/mol. The van der Waals surface area contributed by atoms with Crippen LogP contribution >= 0.6 is 11.6 Å². The van der Waals surface area contributed by atoms with Gasteiger partial charge < -0.3 is 10.3 Å². The Hall–Kier alpha value is -2.66. The number of aliphatic imine (C=N–C) groups is 1. The number of hydrogen-bond acceptors (Lipinski definition) is 5. The molecule has 5 nitrogen and oxygen atoms in total. The molecule has 0 aliphatic carbocycles. The van der Waals surface area contributed by atoms with E-state index in [2.05, 4.69) is 10.1 Å². The average Bonchev–Trinajstić information content (AvgIpc) is 2.82. The van der Waals surface area contributed by atoms with Crippen LogP contribution in [0.2, 0.25) is 5.02 Å². The van der Waals surface area contributed by atoms with E-state index >= 15 is 0 Å². The summed E-state index contributed by atoms with van der Waals surface area (Å²) in [4.78, 5) is 9.22. The van der Waals surface area contributed by atoms with E-state index in [0.717, 1.165) is 33.8 Å². The predicted molar refractivity (Wildman–Crippen MR) is 89.7 cm³/mol. The van der Waals surface area contributed by atoms with Crippen LogP contribution < -0.4 is 5.73 Å². The van der Waals surface area contributed by atoms with Gasteiger partial charge in [0.15, 0.2) is 5.76 Å². The molecule has 3 heterocycles. The van der Waals surface area contributed by atoms with E-state index in [0.29, 0.717) is 23.1 Å². The number of fused-ring (bicyclic) bond motifs is 3. The van der Waals surface area contributed by atoms with Crippen molar-refractivity contribution in [1.82, 2.24) is 10.1 Å². The first-order valence-electron chi connectivity index (χ1n) is 7.16. The Balaban J connectivity index is 1.98. The zero-order chi connectivity index (χ0) is 16.0. The fraction of sp³-hybridized carbons (Fsp3) is 0.118. The Labute approximate surface area is 137 Å². The lowest BCUT2D eigenvalue weighted by Crippen LogP contribution is -2.07. The second-order valence-corrected chi connectivity index (χ2v) is 5.81. The number of aryl methyl sites for hydroxylation is 1. The summed E-state index contributed by atoms with van der Waals surface area (Å²) in [6.45, 7) is 2.30.